The molecule has 3 aromatic carbocycles. The largest absolute Gasteiger partial charge is 0.403 e. The average Bonchev–Trinajstić information content (AvgIpc) is 3.32. The topological polar surface area (TPSA) is 105 Å². The number of nitrogens with one attached hydrogen (secondary N) is 1. The zero-order valence-electron chi connectivity index (χ0n) is 17.8. The van der Waals surface area contributed by atoms with Crippen molar-refractivity contribution in [2.75, 3.05) is 16.2 Å². The molecule has 0 bridgehead atoms. The van der Waals surface area contributed by atoms with Gasteiger partial charge in [0.1, 0.15) is 0 Å². The van der Waals surface area contributed by atoms with Gasteiger partial charge < -0.3 is 4.42 Å². The number of rotatable bonds is 5. The zero-order valence-corrected chi connectivity index (χ0v) is 20.2. The number of nitrogens with zero attached hydrogens (tertiary/aromatic N) is 3. The van der Waals surface area contributed by atoms with E-state index in [9.17, 15) is 13.2 Å². The molecular weight excluding hydrogens is 520 g/mol. The molecule has 8 nitrogen and oxygen atoms in total. The molecule has 0 saturated carbocycles. The minimum atomic E-state index is -3.75. The molecule has 4 aromatic rings. The summed E-state index contributed by atoms with van der Waals surface area (Å²) in [5, 5.41) is 10.4. The number of sulfonamides is 1. The average molecular weight is 539 g/mol. The van der Waals surface area contributed by atoms with E-state index in [1.54, 1.807) is 0 Å². The number of hydrogen-bond acceptors (Lipinski definition) is 6. The smallest absolute Gasteiger partial charge is 0.322 e. The van der Waals surface area contributed by atoms with Gasteiger partial charge in [-0.15, -0.1) is 5.10 Å². The van der Waals surface area contributed by atoms with Crippen LogP contribution < -0.4 is 9.62 Å². The second kappa shape index (κ2) is 9.03. The van der Waals surface area contributed by atoms with Gasteiger partial charge in [-0.05, 0) is 66.9 Å². The fraction of sp³-hybridized carbons (Fsp3) is 0.125. The fourth-order valence-electron chi connectivity index (χ4n) is 3.84. The Morgan fingerprint density at radius 2 is 1.79 bits per heavy atom. The van der Waals surface area contributed by atoms with E-state index in [1.807, 2.05) is 48.5 Å². The molecule has 0 atom stereocenters. The van der Waals surface area contributed by atoms with Crippen LogP contribution >= 0.6 is 15.9 Å². The zero-order chi connectivity index (χ0) is 23.7. The lowest BCUT2D eigenvalue weighted by molar-refractivity contribution is 0.102. The predicted molar refractivity (Wildman–Crippen MR) is 131 cm³/mol. The Bertz CT molecular complexity index is 1470. The molecule has 0 unspecified atom stereocenters. The van der Waals surface area contributed by atoms with Gasteiger partial charge in [0.15, 0.2) is 0 Å². The van der Waals surface area contributed by atoms with Gasteiger partial charge in [-0.3, -0.25) is 14.4 Å². The molecule has 0 radical (unpaired) electrons. The number of halogens is 1. The maximum absolute atomic E-state index is 13.3. The highest BCUT2D eigenvalue weighted by atomic mass is 79.9. The summed E-state index contributed by atoms with van der Waals surface area (Å²) >= 11 is 3.38. The Hall–Kier alpha value is -3.50. The molecule has 1 amide bonds. The van der Waals surface area contributed by atoms with Crippen LogP contribution in [0.15, 0.2) is 86.6 Å². The predicted octanol–water partition coefficient (Wildman–Crippen LogP) is 4.89. The molecule has 0 aliphatic carbocycles. The van der Waals surface area contributed by atoms with Crippen LogP contribution in [0.4, 0.5) is 11.7 Å². The van der Waals surface area contributed by atoms with E-state index >= 15 is 0 Å². The van der Waals surface area contributed by atoms with Gasteiger partial charge in [0.2, 0.25) is 5.89 Å². The molecule has 1 aromatic heterocycles. The number of amides is 1. The van der Waals surface area contributed by atoms with Crippen LogP contribution in [-0.2, 0) is 16.4 Å². The van der Waals surface area contributed by atoms with Gasteiger partial charge in [0, 0.05) is 22.1 Å². The molecule has 10 heteroatoms. The standard InChI is InChI=1S/C24H19BrN4O4S/c25-19-8-3-6-18(15-19)23-27-28-24(33-23)26-22(30)17-10-12-20(13-11-17)34(31,32)29-14-4-7-16-5-1-2-9-21(16)29/h1-3,5-6,8-13,15H,4,7,14H2,(H,26,28,30). The first-order chi connectivity index (χ1) is 16.4. The molecule has 1 N–H and O–H groups in total. The van der Waals surface area contributed by atoms with Crippen molar-refractivity contribution in [3.05, 3.63) is 88.4 Å². The number of para-hydroxylation sites is 1. The molecule has 1 aliphatic rings. The number of fused-ring (bicyclic) bond motifs is 1. The molecule has 5 rings (SSSR count). The van der Waals surface area contributed by atoms with Crippen LogP contribution in [0.2, 0.25) is 0 Å². The number of carbonyl (C=O) groups is 1. The van der Waals surface area contributed by atoms with Gasteiger partial charge in [-0.1, -0.05) is 45.3 Å². The van der Waals surface area contributed by atoms with E-state index in [1.165, 1.54) is 28.6 Å². The highest BCUT2D eigenvalue weighted by Gasteiger charge is 2.29. The van der Waals surface area contributed by atoms with Crippen molar-refractivity contribution in [2.24, 2.45) is 0 Å². The number of anilines is 2. The summed E-state index contributed by atoms with van der Waals surface area (Å²) in [6, 6.07) is 20.6. The first-order valence-electron chi connectivity index (χ1n) is 10.5. The maximum Gasteiger partial charge on any atom is 0.322 e. The maximum atomic E-state index is 13.3. The van der Waals surface area contributed by atoms with Crippen LogP contribution in [-0.4, -0.2) is 31.1 Å². The summed E-state index contributed by atoms with van der Waals surface area (Å²) in [6.45, 7) is 0.416. The Morgan fingerprint density at radius 3 is 2.59 bits per heavy atom. The Balaban J connectivity index is 1.32. The van der Waals surface area contributed by atoms with Crippen molar-refractivity contribution in [2.45, 2.75) is 17.7 Å². The van der Waals surface area contributed by atoms with Crippen LogP contribution in [0.25, 0.3) is 11.5 Å². The number of hydrogen-bond donors (Lipinski definition) is 1. The highest BCUT2D eigenvalue weighted by molar-refractivity contribution is 9.10. The van der Waals surface area contributed by atoms with E-state index in [4.69, 9.17) is 4.42 Å². The third-order valence-corrected chi connectivity index (χ3v) is 7.81. The van der Waals surface area contributed by atoms with Gasteiger partial charge in [-0.2, -0.15) is 0 Å². The fourth-order valence-corrected chi connectivity index (χ4v) is 5.78. The second-order valence-electron chi connectivity index (χ2n) is 7.71. The Labute approximate surface area is 204 Å². The molecule has 0 spiro atoms. The van der Waals surface area contributed by atoms with Crippen molar-refractivity contribution in [3.8, 4) is 11.5 Å². The van der Waals surface area contributed by atoms with Crippen molar-refractivity contribution in [1.82, 2.24) is 10.2 Å². The highest BCUT2D eigenvalue weighted by Crippen LogP contribution is 2.32. The lowest BCUT2D eigenvalue weighted by atomic mass is 10.0. The third-order valence-electron chi connectivity index (χ3n) is 5.49. The van der Waals surface area contributed by atoms with E-state index in [0.717, 1.165) is 22.9 Å². The minimum absolute atomic E-state index is 0.0541. The van der Waals surface area contributed by atoms with Crippen molar-refractivity contribution >= 4 is 43.6 Å². The number of aromatic nitrogens is 2. The first-order valence-corrected chi connectivity index (χ1v) is 12.8. The lowest BCUT2D eigenvalue weighted by Gasteiger charge is -2.30. The van der Waals surface area contributed by atoms with E-state index in [-0.39, 0.29) is 22.4 Å². The molecule has 172 valence electrons. The quantitative estimate of drug-likeness (QED) is 0.387. The molecule has 0 saturated heterocycles. The van der Waals surface area contributed by atoms with Crippen molar-refractivity contribution in [1.29, 1.82) is 0 Å². The number of aryl methyl sites for hydroxylation is 1. The first kappa shape index (κ1) is 22.3. The summed E-state index contributed by atoms with van der Waals surface area (Å²) < 4.78 is 34.4. The number of benzene rings is 3. The molecule has 34 heavy (non-hydrogen) atoms. The Morgan fingerprint density at radius 1 is 1.00 bits per heavy atom. The summed E-state index contributed by atoms with van der Waals surface area (Å²) in [4.78, 5) is 12.8. The second-order valence-corrected chi connectivity index (χ2v) is 10.5. The van der Waals surface area contributed by atoms with Gasteiger partial charge in [-0.25, -0.2) is 8.42 Å². The van der Waals surface area contributed by atoms with Crippen LogP contribution in [0.5, 0.6) is 0 Å². The van der Waals surface area contributed by atoms with Crippen molar-refractivity contribution < 1.29 is 17.6 Å². The van der Waals surface area contributed by atoms with Gasteiger partial charge in [0.05, 0.1) is 10.6 Å². The summed E-state index contributed by atoms with van der Waals surface area (Å²) in [6.07, 6.45) is 1.60. The third kappa shape index (κ3) is 4.34. The molecular formula is C24H19BrN4O4S. The minimum Gasteiger partial charge on any atom is -0.403 e. The molecule has 1 aliphatic heterocycles. The monoisotopic (exact) mass is 538 g/mol. The van der Waals surface area contributed by atoms with E-state index < -0.39 is 15.9 Å². The molecule has 2 heterocycles. The van der Waals surface area contributed by atoms with Gasteiger partial charge in [0.25, 0.3) is 15.9 Å². The van der Waals surface area contributed by atoms with Crippen LogP contribution in [0.1, 0.15) is 22.3 Å². The van der Waals surface area contributed by atoms with E-state index in [2.05, 4.69) is 31.4 Å². The van der Waals surface area contributed by atoms with Crippen molar-refractivity contribution in [3.63, 3.8) is 0 Å². The Kier molecular flexibility index (Phi) is 5.93. The molecule has 0 fully saturated rings. The van der Waals surface area contributed by atoms with Gasteiger partial charge >= 0.3 is 6.01 Å². The number of carbonyl (C=O) groups excluding carboxylic acids is 1. The summed E-state index contributed by atoms with van der Waals surface area (Å²) in [5.74, 6) is -0.225. The summed E-state index contributed by atoms with van der Waals surface area (Å²) in [7, 11) is -3.75. The van der Waals surface area contributed by atoms with Crippen LogP contribution in [0, 0.1) is 0 Å². The van der Waals surface area contributed by atoms with E-state index in [0.29, 0.717) is 17.8 Å². The SMILES string of the molecule is O=C(Nc1nnc(-c2cccc(Br)c2)o1)c1ccc(S(=O)(=O)N2CCCc3ccccc32)cc1. The normalized spacial score (nSPS) is 13.4. The van der Waals surface area contributed by atoms with Crippen LogP contribution in [0.3, 0.4) is 0 Å². The summed E-state index contributed by atoms with van der Waals surface area (Å²) in [5.41, 5.74) is 2.68. The lowest BCUT2D eigenvalue weighted by Crippen LogP contribution is -2.35.